The number of aliphatic hydroxyl groups is 2. The smallest absolute Gasteiger partial charge is 0.311 e. The Morgan fingerprint density at radius 1 is 1.16 bits per heavy atom. The number of aromatic nitrogens is 1. The average molecular weight is 445 g/mol. The Labute approximate surface area is 185 Å². The number of hydrogen-bond donors (Lipinski definition) is 3. The van der Waals surface area contributed by atoms with E-state index in [-0.39, 0.29) is 30.1 Å². The highest BCUT2D eigenvalue weighted by Crippen LogP contribution is 2.32. The van der Waals surface area contributed by atoms with E-state index >= 15 is 0 Å². The highest BCUT2D eigenvalue weighted by molar-refractivity contribution is 5.69. The zero-order valence-electron chi connectivity index (χ0n) is 17.8. The van der Waals surface area contributed by atoms with Crippen LogP contribution in [0.3, 0.4) is 0 Å². The lowest BCUT2D eigenvalue weighted by atomic mass is 9.98. The van der Waals surface area contributed by atoms with E-state index < -0.39 is 10.7 Å². The fourth-order valence-electron chi connectivity index (χ4n) is 4.36. The average Bonchev–Trinajstić information content (AvgIpc) is 2.79. The van der Waals surface area contributed by atoms with Crippen molar-refractivity contribution >= 4 is 28.7 Å². The van der Waals surface area contributed by atoms with Crippen molar-refractivity contribution < 1.29 is 19.5 Å². The van der Waals surface area contributed by atoms with E-state index in [2.05, 4.69) is 10.3 Å². The maximum absolute atomic E-state index is 14.9. The number of nitrogens with one attached hydrogen (secondary N) is 1. The number of hydrogen-bond acceptors (Lipinski definition) is 8. The lowest BCUT2D eigenvalue weighted by molar-refractivity contribution is -0.384. The first-order valence-corrected chi connectivity index (χ1v) is 11.0. The van der Waals surface area contributed by atoms with Crippen LogP contribution >= 0.6 is 0 Å². The summed E-state index contributed by atoms with van der Waals surface area (Å²) in [6.07, 6.45) is 2.71. The summed E-state index contributed by atoms with van der Waals surface area (Å²) in [5.41, 5.74) is 0.623. The van der Waals surface area contributed by atoms with Gasteiger partial charge in [-0.3, -0.25) is 10.1 Å². The fraction of sp³-hybridized carbons (Fsp3) is 0.500. The van der Waals surface area contributed by atoms with E-state index in [0.29, 0.717) is 49.7 Å². The van der Waals surface area contributed by atoms with E-state index in [1.54, 1.807) is 18.2 Å². The van der Waals surface area contributed by atoms with Crippen molar-refractivity contribution in [3.63, 3.8) is 0 Å². The summed E-state index contributed by atoms with van der Waals surface area (Å²) in [5, 5.41) is 33.5. The zero-order chi connectivity index (χ0) is 22.7. The van der Waals surface area contributed by atoms with Crippen molar-refractivity contribution in [3.8, 4) is 0 Å². The van der Waals surface area contributed by atoms with Crippen LogP contribution in [-0.2, 0) is 0 Å². The number of piperidine rings is 2. The molecule has 2 aromatic rings. The summed E-state index contributed by atoms with van der Waals surface area (Å²) in [6.45, 7) is 2.62. The molecule has 0 saturated carbocycles. The molecule has 172 valence electrons. The Balaban J connectivity index is 1.55. The second-order valence-electron chi connectivity index (χ2n) is 8.44. The number of pyridine rings is 1. The summed E-state index contributed by atoms with van der Waals surface area (Å²) in [7, 11) is 0. The van der Waals surface area contributed by atoms with Crippen LogP contribution in [0.15, 0.2) is 30.3 Å². The molecule has 10 heteroatoms. The van der Waals surface area contributed by atoms with Gasteiger partial charge in [0.15, 0.2) is 0 Å². The minimum absolute atomic E-state index is 0.0455. The van der Waals surface area contributed by atoms with Crippen LogP contribution in [0.1, 0.15) is 25.7 Å². The Morgan fingerprint density at radius 3 is 2.62 bits per heavy atom. The number of rotatable bonds is 6. The molecule has 0 spiro atoms. The van der Waals surface area contributed by atoms with Crippen LogP contribution in [0, 0.1) is 21.8 Å². The van der Waals surface area contributed by atoms with Crippen LogP contribution in [0.4, 0.5) is 33.1 Å². The lowest BCUT2D eigenvalue weighted by Gasteiger charge is -2.33. The Kier molecular flexibility index (Phi) is 6.71. The topological polar surface area (TPSA) is 115 Å². The van der Waals surface area contributed by atoms with Gasteiger partial charge in [0.05, 0.1) is 16.7 Å². The first-order chi connectivity index (χ1) is 15.4. The van der Waals surface area contributed by atoms with Gasteiger partial charge >= 0.3 is 5.69 Å². The van der Waals surface area contributed by atoms with Gasteiger partial charge in [-0.05, 0) is 55.9 Å². The summed E-state index contributed by atoms with van der Waals surface area (Å²) in [4.78, 5) is 19.3. The van der Waals surface area contributed by atoms with Gasteiger partial charge in [-0.2, -0.15) is 0 Å². The van der Waals surface area contributed by atoms with Crippen LogP contribution in [0.2, 0.25) is 0 Å². The molecule has 4 rings (SSSR count). The Morgan fingerprint density at radius 2 is 1.94 bits per heavy atom. The predicted molar refractivity (Wildman–Crippen MR) is 120 cm³/mol. The zero-order valence-corrected chi connectivity index (χ0v) is 17.8. The molecule has 2 aliphatic rings. The van der Waals surface area contributed by atoms with Crippen molar-refractivity contribution in [2.24, 2.45) is 5.92 Å². The Hall–Kier alpha value is -2.98. The van der Waals surface area contributed by atoms with E-state index in [9.17, 15) is 24.7 Å². The maximum atomic E-state index is 14.9. The van der Waals surface area contributed by atoms with E-state index in [4.69, 9.17) is 0 Å². The Bertz CT molecular complexity index is 967. The van der Waals surface area contributed by atoms with Gasteiger partial charge in [0.1, 0.15) is 11.6 Å². The van der Waals surface area contributed by atoms with Crippen LogP contribution in [0.25, 0.3) is 0 Å². The minimum Gasteiger partial charge on any atom is -0.396 e. The van der Waals surface area contributed by atoms with E-state index in [1.807, 2.05) is 9.80 Å². The third kappa shape index (κ3) is 4.91. The third-order valence-electron chi connectivity index (χ3n) is 6.17. The second kappa shape index (κ2) is 9.66. The van der Waals surface area contributed by atoms with Crippen LogP contribution < -0.4 is 15.1 Å². The quantitative estimate of drug-likeness (QED) is 0.459. The molecule has 1 aromatic heterocycles. The molecule has 32 heavy (non-hydrogen) atoms. The molecule has 3 N–H and O–H groups in total. The maximum Gasteiger partial charge on any atom is 0.311 e. The molecule has 2 aliphatic heterocycles. The molecule has 0 radical (unpaired) electrons. The molecule has 0 aliphatic carbocycles. The molecule has 3 heterocycles. The molecule has 2 fully saturated rings. The van der Waals surface area contributed by atoms with Crippen molar-refractivity contribution in [3.05, 3.63) is 46.3 Å². The van der Waals surface area contributed by atoms with E-state index in [0.717, 1.165) is 19.4 Å². The van der Waals surface area contributed by atoms with Crippen LogP contribution in [0.5, 0.6) is 0 Å². The number of benzene rings is 1. The SMILES string of the molecule is O=[N+]([O-])c1ccc(N2CCC(O)CC2)nc1Nc1ccc(N2CCCC(CO)C2)c(F)c1. The first-order valence-electron chi connectivity index (χ1n) is 11.0. The number of nitrogens with zero attached hydrogens (tertiary/aromatic N) is 4. The molecule has 2 saturated heterocycles. The number of aliphatic hydroxyl groups excluding tert-OH is 2. The molecule has 1 unspecified atom stereocenters. The number of halogens is 1. The van der Waals surface area contributed by atoms with Crippen molar-refractivity contribution in [2.45, 2.75) is 31.8 Å². The largest absolute Gasteiger partial charge is 0.396 e. The molecular formula is C22H28FN5O4. The fourth-order valence-corrected chi connectivity index (χ4v) is 4.36. The normalized spacial score (nSPS) is 19.8. The third-order valence-corrected chi connectivity index (χ3v) is 6.17. The van der Waals surface area contributed by atoms with Gasteiger partial charge in [0.25, 0.3) is 0 Å². The van der Waals surface area contributed by atoms with Gasteiger partial charge < -0.3 is 25.3 Å². The summed E-state index contributed by atoms with van der Waals surface area (Å²) < 4.78 is 14.9. The second-order valence-corrected chi connectivity index (χ2v) is 8.44. The van der Waals surface area contributed by atoms with E-state index in [1.165, 1.54) is 12.1 Å². The molecule has 0 bridgehead atoms. The summed E-state index contributed by atoms with van der Waals surface area (Å²) in [5.74, 6) is 0.318. The molecule has 9 nitrogen and oxygen atoms in total. The van der Waals surface area contributed by atoms with Crippen molar-refractivity contribution in [2.75, 3.05) is 47.9 Å². The summed E-state index contributed by atoms with van der Waals surface area (Å²) in [6, 6.07) is 7.63. The minimum atomic E-state index is -0.521. The highest BCUT2D eigenvalue weighted by Gasteiger charge is 2.24. The van der Waals surface area contributed by atoms with Gasteiger partial charge in [-0.15, -0.1) is 0 Å². The standard InChI is InChI=1S/C22H28FN5O4/c23-18-12-16(3-4-19(18)27-9-1-2-15(13-27)14-29)24-22-20(28(31)32)5-6-21(25-22)26-10-7-17(30)8-11-26/h3-6,12,15,17,29-30H,1-2,7-11,13-14H2,(H,24,25). The number of anilines is 4. The van der Waals surface area contributed by atoms with Gasteiger partial charge in [0.2, 0.25) is 5.82 Å². The van der Waals surface area contributed by atoms with Crippen LogP contribution in [-0.4, -0.2) is 59.0 Å². The first kappa shape index (κ1) is 22.2. The summed E-state index contributed by atoms with van der Waals surface area (Å²) >= 11 is 0. The molecule has 0 amide bonds. The highest BCUT2D eigenvalue weighted by atomic mass is 19.1. The monoisotopic (exact) mass is 445 g/mol. The van der Waals surface area contributed by atoms with Crippen molar-refractivity contribution in [1.29, 1.82) is 0 Å². The molecule has 1 aromatic carbocycles. The van der Waals surface area contributed by atoms with Gasteiger partial charge in [-0.1, -0.05) is 0 Å². The molecule has 1 atom stereocenters. The number of nitro groups is 1. The molecular weight excluding hydrogens is 417 g/mol. The van der Waals surface area contributed by atoms with Gasteiger partial charge in [-0.25, -0.2) is 9.37 Å². The van der Waals surface area contributed by atoms with Gasteiger partial charge in [0, 0.05) is 44.5 Å². The predicted octanol–water partition coefficient (Wildman–Crippen LogP) is 3.04. The lowest BCUT2D eigenvalue weighted by Crippen LogP contribution is -2.37. The van der Waals surface area contributed by atoms with Crippen molar-refractivity contribution in [1.82, 2.24) is 4.98 Å².